The Labute approximate surface area is 121 Å². The normalized spacial score (nSPS) is 17.2. The first-order chi connectivity index (χ1) is 9.17. The van der Waals surface area contributed by atoms with Crippen LogP contribution in [0.5, 0.6) is 11.5 Å². The van der Waals surface area contributed by atoms with Gasteiger partial charge in [0, 0.05) is 6.42 Å². The minimum Gasteiger partial charge on any atom is -0.490 e. The lowest BCUT2D eigenvalue weighted by Gasteiger charge is -2.18. The second kappa shape index (κ2) is 6.27. The highest BCUT2D eigenvalue weighted by Gasteiger charge is 2.23. The number of nitriles is 1. The van der Waals surface area contributed by atoms with E-state index in [0.29, 0.717) is 36.7 Å². The smallest absolute Gasteiger partial charge is 0.175 e. The van der Waals surface area contributed by atoms with E-state index in [0.717, 1.165) is 10.9 Å². The Morgan fingerprint density at radius 3 is 2.84 bits per heavy atom. The molecule has 0 fully saturated rings. The minimum absolute atomic E-state index is 0.420. The predicted octanol–water partition coefficient (Wildman–Crippen LogP) is 3.19. The van der Waals surface area contributed by atoms with Crippen molar-refractivity contribution in [3.05, 3.63) is 22.2 Å². The van der Waals surface area contributed by atoms with E-state index in [-0.39, 0.29) is 0 Å². The van der Waals surface area contributed by atoms with Crippen molar-refractivity contribution < 1.29 is 14.6 Å². The summed E-state index contributed by atoms with van der Waals surface area (Å²) >= 11 is 3.43. The summed E-state index contributed by atoms with van der Waals surface area (Å²) in [6.07, 6.45) is 0.613. The number of nitrogens with zero attached hydrogens (tertiary/aromatic N) is 1. The first kappa shape index (κ1) is 14.2. The van der Waals surface area contributed by atoms with Crippen molar-refractivity contribution in [1.82, 2.24) is 0 Å². The van der Waals surface area contributed by atoms with Crippen LogP contribution in [0.15, 0.2) is 16.6 Å². The van der Waals surface area contributed by atoms with E-state index in [1.807, 2.05) is 6.92 Å². The molecule has 4 nitrogen and oxygen atoms in total. The van der Waals surface area contributed by atoms with Gasteiger partial charge in [0.1, 0.15) is 0 Å². The molecule has 0 spiro atoms. The quantitative estimate of drug-likeness (QED) is 0.926. The number of benzene rings is 1. The van der Waals surface area contributed by atoms with E-state index < -0.39 is 12.0 Å². The van der Waals surface area contributed by atoms with Gasteiger partial charge < -0.3 is 14.6 Å². The third kappa shape index (κ3) is 3.02. The molecule has 0 amide bonds. The standard InChI is InChI=1S/C14H16BrNO3/c1-2-9(8-16)13(17)10-6-11(15)14-12(7-10)18-4-3-5-19-14/h6-7,9,13,17H,2-5H2,1H3. The fraction of sp³-hybridized carbons (Fsp3) is 0.500. The van der Waals surface area contributed by atoms with Crippen LogP contribution in [0, 0.1) is 17.2 Å². The second-order valence-corrected chi connectivity index (χ2v) is 5.32. The van der Waals surface area contributed by atoms with Gasteiger partial charge in [0.2, 0.25) is 0 Å². The van der Waals surface area contributed by atoms with Crippen LogP contribution < -0.4 is 9.47 Å². The fourth-order valence-corrected chi connectivity index (χ4v) is 2.61. The second-order valence-electron chi connectivity index (χ2n) is 4.47. The molecule has 0 aromatic heterocycles. The highest BCUT2D eigenvalue weighted by Crippen LogP contribution is 2.40. The Balaban J connectivity index is 2.36. The summed E-state index contributed by atoms with van der Waals surface area (Å²) in [4.78, 5) is 0. The number of fused-ring (bicyclic) bond motifs is 1. The molecule has 19 heavy (non-hydrogen) atoms. The number of hydrogen-bond acceptors (Lipinski definition) is 4. The Bertz CT molecular complexity index is 498. The number of aliphatic hydroxyl groups is 1. The molecule has 2 unspecified atom stereocenters. The predicted molar refractivity (Wildman–Crippen MR) is 74.1 cm³/mol. The van der Waals surface area contributed by atoms with Crippen LogP contribution in [0.2, 0.25) is 0 Å². The molecular weight excluding hydrogens is 310 g/mol. The van der Waals surface area contributed by atoms with E-state index in [9.17, 15) is 5.11 Å². The van der Waals surface area contributed by atoms with E-state index in [1.165, 1.54) is 0 Å². The Morgan fingerprint density at radius 1 is 1.42 bits per heavy atom. The maximum absolute atomic E-state index is 10.2. The van der Waals surface area contributed by atoms with E-state index in [2.05, 4.69) is 22.0 Å². The summed E-state index contributed by atoms with van der Waals surface area (Å²) in [5.74, 6) is 0.865. The molecule has 2 atom stereocenters. The highest BCUT2D eigenvalue weighted by atomic mass is 79.9. The summed E-state index contributed by atoms with van der Waals surface area (Å²) < 4.78 is 12.0. The lowest BCUT2D eigenvalue weighted by molar-refractivity contribution is 0.132. The maximum Gasteiger partial charge on any atom is 0.175 e. The third-order valence-corrected chi connectivity index (χ3v) is 3.74. The molecule has 1 heterocycles. The largest absolute Gasteiger partial charge is 0.490 e. The van der Waals surface area contributed by atoms with Gasteiger partial charge in [0.15, 0.2) is 11.5 Å². The summed E-state index contributed by atoms with van der Waals surface area (Å²) in [5.41, 5.74) is 0.671. The van der Waals surface area contributed by atoms with Crippen LogP contribution >= 0.6 is 15.9 Å². The van der Waals surface area contributed by atoms with Crippen LogP contribution in [-0.4, -0.2) is 18.3 Å². The Kier molecular flexibility index (Phi) is 4.67. The van der Waals surface area contributed by atoms with Crippen molar-refractivity contribution in [3.63, 3.8) is 0 Å². The molecule has 0 radical (unpaired) electrons. The van der Waals surface area contributed by atoms with E-state index >= 15 is 0 Å². The van der Waals surface area contributed by atoms with Crippen molar-refractivity contribution >= 4 is 15.9 Å². The SMILES string of the molecule is CCC(C#N)C(O)c1cc(Br)c2c(c1)OCCCO2. The summed E-state index contributed by atoms with van der Waals surface area (Å²) in [7, 11) is 0. The van der Waals surface area contributed by atoms with Crippen LogP contribution in [0.25, 0.3) is 0 Å². The van der Waals surface area contributed by atoms with Gasteiger partial charge in [-0.3, -0.25) is 0 Å². The maximum atomic E-state index is 10.2. The lowest BCUT2D eigenvalue weighted by atomic mass is 9.94. The van der Waals surface area contributed by atoms with Gasteiger partial charge in [0.05, 0.1) is 35.8 Å². The molecular formula is C14H16BrNO3. The highest BCUT2D eigenvalue weighted by molar-refractivity contribution is 9.10. The van der Waals surface area contributed by atoms with Gasteiger partial charge in [-0.25, -0.2) is 0 Å². The molecule has 1 aromatic carbocycles. The number of rotatable bonds is 3. The Morgan fingerprint density at radius 2 is 2.16 bits per heavy atom. The molecule has 0 saturated heterocycles. The van der Waals surface area contributed by atoms with Gasteiger partial charge in [-0.1, -0.05) is 6.92 Å². The van der Waals surface area contributed by atoms with Crippen molar-refractivity contribution in [3.8, 4) is 17.6 Å². The molecule has 1 aliphatic heterocycles. The molecule has 0 bridgehead atoms. The molecule has 1 aromatic rings. The number of aliphatic hydroxyl groups excluding tert-OH is 1. The zero-order chi connectivity index (χ0) is 13.8. The zero-order valence-electron chi connectivity index (χ0n) is 10.7. The van der Waals surface area contributed by atoms with Crippen molar-refractivity contribution in [1.29, 1.82) is 5.26 Å². The van der Waals surface area contributed by atoms with Gasteiger partial charge in [-0.05, 0) is 40.0 Å². The average Bonchev–Trinajstić information content (AvgIpc) is 2.65. The molecule has 102 valence electrons. The Hall–Kier alpha value is -1.25. The summed E-state index contributed by atoms with van der Waals surface area (Å²) in [6, 6.07) is 5.67. The van der Waals surface area contributed by atoms with Gasteiger partial charge in [-0.2, -0.15) is 5.26 Å². The summed E-state index contributed by atoms with van der Waals surface area (Å²) in [5, 5.41) is 19.3. The van der Waals surface area contributed by atoms with Crippen molar-refractivity contribution in [2.75, 3.05) is 13.2 Å². The third-order valence-electron chi connectivity index (χ3n) is 3.15. The molecule has 0 aliphatic carbocycles. The molecule has 0 saturated carbocycles. The topological polar surface area (TPSA) is 62.5 Å². The first-order valence-corrected chi connectivity index (χ1v) is 7.13. The van der Waals surface area contributed by atoms with Crippen molar-refractivity contribution in [2.24, 2.45) is 5.92 Å². The number of hydrogen-bond donors (Lipinski definition) is 1. The molecule has 1 N–H and O–H groups in total. The van der Waals surface area contributed by atoms with E-state index in [1.54, 1.807) is 12.1 Å². The van der Waals surface area contributed by atoms with Crippen molar-refractivity contribution in [2.45, 2.75) is 25.9 Å². The van der Waals surface area contributed by atoms with Crippen LogP contribution in [-0.2, 0) is 0 Å². The fourth-order valence-electron chi connectivity index (χ4n) is 2.04. The molecule has 2 rings (SSSR count). The van der Waals surface area contributed by atoms with E-state index in [4.69, 9.17) is 14.7 Å². The van der Waals surface area contributed by atoms with Crippen LogP contribution in [0.4, 0.5) is 0 Å². The molecule has 5 heteroatoms. The lowest BCUT2D eigenvalue weighted by Crippen LogP contribution is -2.10. The molecule has 1 aliphatic rings. The van der Waals surface area contributed by atoms with Gasteiger partial charge in [0.25, 0.3) is 0 Å². The van der Waals surface area contributed by atoms with Crippen LogP contribution in [0.1, 0.15) is 31.4 Å². The summed E-state index contributed by atoms with van der Waals surface area (Å²) in [6.45, 7) is 3.09. The number of halogens is 1. The monoisotopic (exact) mass is 325 g/mol. The minimum atomic E-state index is -0.816. The van der Waals surface area contributed by atoms with Crippen LogP contribution in [0.3, 0.4) is 0 Å². The average molecular weight is 326 g/mol. The number of ether oxygens (including phenoxy) is 2. The first-order valence-electron chi connectivity index (χ1n) is 6.34. The van der Waals surface area contributed by atoms with Gasteiger partial charge in [-0.15, -0.1) is 0 Å². The zero-order valence-corrected chi connectivity index (χ0v) is 12.3. The van der Waals surface area contributed by atoms with Gasteiger partial charge >= 0.3 is 0 Å².